The fraction of sp³-hybridized carbons (Fsp3) is 0.250. The highest BCUT2D eigenvalue weighted by molar-refractivity contribution is 8.13. The minimum absolute atomic E-state index is 0.159. The number of ether oxygens (including phenoxy) is 1. The minimum Gasteiger partial charge on any atom is -0.488 e. The van der Waals surface area contributed by atoms with Crippen LogP contribution in [0, 0.1) is 0 Å². The Morgan fingerprint density at radius 2 is 1.74 bits per heavy atom. The van der Waals surface area contributed by atoms with Gasteiger partial charge in [0.1, 0.15) is 18.1 Å². The van der Waals surface area contributed by atoms with Gasteiger partial charge in [-0.2, -0.15) is 0 Å². The number of carbonyl (C=O) groups excluding carboxylic acids is 1. The van der Waals surface area contributed by atoms with Gasteiger partial charge in [0.25, 0.3) is 5.91 Å². The van der Waals surface area contributed by atoms with Gasteiger partial charge >= 0.3 is 0 Å². The lowest BCUT2D eigenvalue weighted by Gasteiger charge is -2.34. The molecule has 0 radical (unpaired) electrons. The quantitative estimate of drug-likeness (QED) is 0.484. The van der Waals surface area contributed by atoms with Crippen LogP contribution in [0.4, 0.5) is 0 Å². The number of thioether (sulfide) groups is 1. The summed E-state index contributed by atoms with van der Waals surface area (Å²) in [5.41, 5.74) is 2.46. The third-order valence-corrected chi connectivity index (χ3v) is 6.89. The maximum atomic E-state index is 13.3. The van der Waals surface area contributed by atoms with Crippen LogP contribution in [0.1, 0.15) is 43.5 Å². The molecular formula is C28H28N4O2S. The van der Waals surface area contributed by atoms with Crippen molar-refractivity contribution >= 4 is 28.5 Å². The molecule has 0 saturated carbocycles. The largest absolute Gasteiger partial charge is 0.488 e. The normalized spacial score (nSPS) is 16.5. The van der Waals surface area contributed by atoms with Crippen molar-refractivity contribution in [1.29, 1.82) is 0 Å². The smallest absolute Gasteiger partial charge is 0.276 e. The number of hydrogen-bond acceptors (Lipinski definition) is 6. The Balaban J connectivity index is 1.52. The number of amidine groups is 1. The molecule has 0 aromatic heterocycles. The molecule has 0 saturated heterocycles. The Morgan fingerprint density at radius 3 is 2.60 bits per heavy atom. The lowest BCUT2D eigenvalue weighted by atomic mass is 10.1. The second-order valence-electron chi connectivity index (χ2n) is 8.44. The van der Waals surface area contributed by atoms with E-state index in [2.05, 4.69) is 12.2 Å². The van der Waals surface area contributed by atoms with Crippen molar-refractivity contribution < 1.29 is 9.53 Å². The first-order chi connectivity index (χ1) is 17.2. The molecule has 0 fully saturated rings. The van der Waals surface area contributed by atoms with Crippen LogP contribution in [0.5, 0.6) is 5.75 Å². The Hall–Kier alpha value is -3.58. The summed E-state index contributed by atoms with van der Waals surface area (Å²) in [5, 5.41) is 11.8. The molecule has 3 aromatic rings. The van der Waals surface area contributed by atoms with Crippen molar-refractivity contribution in [3.63, 3.8) is 0 Å². The van der Waals surface area contributed by atoms with Crippen LogP contribution in [0.25, 0.3) is 5.70 Å². The number of para-hydroxylation sites is 2. The number of amides is 1. The van der Waals surface area contributed by atoms with Crippen LogP contribution in [0.3, 0.4) is 0 Å². The maximum absolute atomic E-state index is 13.3. The maximum Gasteiger partial charge on any atom is 0.276 e. The molecule has 0 aliphatic carbocycles. The molecular weight excluding hydrogens is 456 g/mol. The van der Waals surface area contributed by atoms with Crippen molar-refractivity contribution in [2.45, 2.75) is 39.0 Å². The molecule has 1 amide bonds. The lowest BCUT2D eigenvalue weighted by molar-refractivity contribution is -0.116. The fourth-order valence-electron chi connectivity index (χ4n) is 4.18. The van der Waals surface area contributed by atoms with Gasteiger partial charge in [-0.15, -0.1) is 5.10 Å². The van der Waals surface area contributed by atoms with Crippen LogP contribution < -0.4 is 20.6 Å². The number of nitrogens with zero attached hydrogens (tertiary/aromatic N) is 3. The monoisotopic (exact) mass is 484 g/mol. The molecule has 1 N–H and O–H groups in total. The molecule has 1 atom stereocenters. The molecule has 3 aromatic carbocycles. The molecule has 2 aliphatic heterocycles. The number of unbranched alkanes of at least 4 members (excludes halogenated alkanes) is 2. The summed E-state index contributed by atoms with van der Waals surface area (Å²) in [5.74, 6) is 1.47. The molecule has 2 aliphatic rings. The van der Waals surface area contributed by atoms with Gasteiger partial charge in [-0.3, -0.25) is 15.1 Å². The highest BCUT2D eigenvalue weighted by Gasteiger charge is 2.35. The Morgan fingerprint density at radius 1 is 0.971 bits per heavy atom. The van der Waals surface area contributed by atoms with Crippen LogP contribution in [0.2, 0.25) is 0 Å². The average molecular weight is 485 g/mol. The van der Waals surface area contributed by atoms with E-state index >= 15 is 0 Å². The molecule has 7 heteroatoms. The average Bonchev–Trinajstić information content (AvgIpc) is 2.90. The van der Waals surface area contributed by atoms with Gasteiger partial charge in [-0.05, 0) is 24.1 Å². The van der Waals surface area contributed by atoms with Gasteiger partial charge in [0.2, 0.25) is 0 Å². The van der Waals surface area contributed by atoms with Gasteiger partial charge in [0.05, 0.1) is 5.36 Å². The zero-order chi connectivity index (χ0) is 24.0. The Labute approximate surface area is 209 Å². The topological polar surface area (TPSA) is 66.3 Å². The molecule has 5 rings (SSSR count). The van der Waals surface area contributed by atoms with E-state index in [4.69, 9.17) is 14.8 Å². The zero-order valence-corrected chi connectivity index (χ0v) is 20.5. The van der Waals surface area contributed by atoms with E-state index < -0.39 is 6.17 Å². The number of fused-ring (bicyclic) bond motifs is 2. The van der Waals surface area contributed by atoms with Crippen molar-refractivity contribution in [3.8, 4) is 5.75 Å². The number of nitrogens with one attached hydrogen (secondary N) is 1. The Bertz CT molecular complexity index is 1360. The SMILES string of the molecule is CCCCCSC1=NN2C(=c3ccccc3=N[C@H]2c2ccccc2OCc2ccccc2)C(=O)N1. The van der Waals surface area contributed by atoms with E-state index in [1.54, 1.807) is 16.8 Å². The van der Waals surface area contributed by atoms with Crippen LogP contribution in [-0.2, 0) is 11.4 Å². The molecule has 35 heavy (non-hydrogen) atoms. The molecule has 2 heterocycles. The van der Waals surface area contributed by atoms with E-state index in [9.17, 15) is 4.79 Å². The standard InChI is InChI=1S/C28H28N4O2S/c1-2-3-11-18-35-28-30-27(33)25-21-14-7-9-16-23(21)29-26(32(25)31-28)22-15-8-10-17-24(22)34-19-20-12-5-4-6-13-20/h4-10,12-17,26H,2-3,11,18-19H2,1H3,(H,30,31,33)/t26-/m1/s1. The van der Waals surface area contributed by atoms with E-state index in [0.717, 1.165) is 52.5 Å². The van der Waals surface area contributed by atoms with Crippen LogP contribution in [-0.4, -0.2) is 21.8 Å². The van der Waals surface area contributed by atoms with E-state index in [1.165, 1.54) is 0 Å². The summed E-state index contributed by atoms with van der Waals surface area (Å²) in [6.07, 6.45) is 2.89. The van der Waals surface area contributed by atoms with Crippen molar-refractivity contribution in [3.05, 3.63) is 101 Å². The van der Waals surface area contributed by atoms with Gasteiger partial charge in [-0.25, -0.2) is 5.01 Å². The molecule has 0 spiro atoms. The van der Waals surface area contributed by atoms with Gasteiger partial charge < -0.3 is 4.74 Å². The van der Waals surface area contributed by atoms with E-state index in [0.29, 0.717) is 17.5 Å². The first-order valence-corrected chi connectivity index (χ1v) is 13.0. The predicted molar refractivity (Wildman–Crippen MR) is 140 cm³/mol. The van der Waals surface area contributed by atoms with Crippen molar-refractivity contribution in [2.24, 2.45) is 10.1 Å². The third kappa shape index (κ3) is 5.10. The third-order valence-electron chi connectivity index (χ3n) is 5.94. The highest BCUT2D eigenvalue weighted by Crippen LogP contribution is 2.35. The highest BCUT2D eigenvalue weighted by atomic mass is 32.2. The van der Waals surface area contributed by atoms with E-state index in [1.807, 2.05) is 78.9 Å². The number of hydrogen-bond donors (Lipinski definition) is 1. The summed E-state index contributed by atoms with van der Waals surface area (Å²) in [4.78, 5) is 18.3. The summed E-state index contributed by atoms with van der Waals surface area (Å²) in [6.45, 7) is 2.63. The summed E-state index contributed by atoms with van der Waals surface area (Å²) in [7, 11) is 0. The fourth-order valence-corrected chi connectivity index (χ4v) is 5.03. The van der Waals surface area contributed by atoms with Gasteiger partial charge in [0, 0.05) is 16.5 Å². The number of rotatable bonds is 8. The number of benzene rings is 3. The zero-order valence-electron chi connectivity index (χ0n) is 19.7. The van der Waals surface area contributed by atoms with E-state index in [-0.39, 0.29) is 5.91 Å². The Kier molecular flexibility index (Phi) is 7.14. The summed E-state index contributed by atoms with van der Waals surface area (Å²) in [6, 6.07) is 25.6. The number of hydrazone groups is 1. The second kappa shape index (κ2) is 10.8. The second-order valence-corrected chi connectivity index (χ2v) is 9.52. The van der Waals surface area contributed by atoms with Crippen LogP contribution >= 0.6 is 11.8 Å². The molecule has 0 bridgehead atoms. The van der Waals surface area contributed by atoms with Crippen molar-refractivity contribution in [2.75, 3.05) is 5.75 Å². The van der Waals surface area contributed by atoms with Gasteiger partial charge in [0.15, 0.2) is 11.3 Å². The minimum atomic E-state index is -0.510. The molecule has 0 unspecified atom stereocenters. The van der Waals surface area contributed by atoms with Crippen LogP contribution in [0.15, 0.2) is 89.0 Å². The van der Waals surface area contributed by atoms with Gasteiger partial charge in [-0.1, -0.05) is 98.3 Å². The van der Waals surface area contributed by atoms with Crippen molar-refractivity contribution in [1.82, 2.24) is 10.3 Å². The first-order valence-electron chi connectivity index (χ1n) is 12.0. The molecule has 178 valence electrons. The molecule has 6 nitrogen and oxygen atoms in total. The summed E-state index contributed by atoms with van der Waals surface area (Å²) < 4.78 is 6.24. The number of carbonyl (C=O) groups is 1. The first kappa shape index (κ1) is 23.2. The lowest BCUT2D eigenvalue weighted by Crippen LogP contribution is -2.50. The summed E-state index contributed by atoms with van der Waals surface area (Å²) >= 11 is 1.58. The predicted octanol–water partition coefficient (Wildman–Crippen LogP) is 4.33.